The largest absolute Gasteiger partial charge is 0.274 e. The van der Waals surface area contributed by atoms with Gasteiger partial charge in [-0.3, -0.25) is 14.5 Å². The molecule has 3 nitrogen and oxygen atoms in total. The summed E-state index contributed by atoms with van der Waals surface area (Å²) >= 11 is 5.84. The summed E-state index contributed by atoms with van der Waals surface area (Å²) in [6.45, 7) is 2.15. The van der Waals surface area contributed by atoms with E-state index in [4.69, 9.17) is 11.6 Å². The van der Waals surface area contributed by atoms with E-state index < -0.39 is 0 Å². The molecule has 0 N–H and O–H groups in total. The van der Waals surface area contributed by atoms with Crippen LogP contribution < -0.4 is 4.90 Å². The minimum absolute atomic E-state index is 0.0378. The molecule has 1 aromatic rings. The first-order chi connectivity index (χ1) is 9.08. The van der Waals surface area contributed by atoms with E-state index in [0.29, 0.717) is 16.6 Å². The monoisotopic (exact) mass is 277 g/mol. The fraction of sp³-hybridized carbons (Fsp3) is 0.467. The number of imide groups is 1. The second-order valence-corrected chi connectivity index (χ2v) is 6.06. The molecule has 2 amide bonds. The van der Waals surface area contributed by atoms with Gasteiger partial charge in [0, 0.05) is 5.02 Å². The third-order valence-corrected chi connectivity index (χ3v) is 4.52. The Labute approximate surface area is 117 Å². The van der Waals surface area contributed by atoms with Gasteiger partial charge in [-0.15, -0.1) is 0 Å². The van der Waals surface area contributed by atoms with Crippen LogP contribution in [0.4, 0.5) is 5.69 Å². The van der Waals surface area contributed by atoms with E-state index in [1.54, 1.807) is 24.3 Å². The van der Waals surface area contributed by atoms with Gasteiger partial charge >= 0.3 is 0 Å². The number of benzene rings is 1. The number of halogens is 1. The van der Waals surface area contributed by atoms with Crippen molar-refractivity contribution in [1.29, 1.82) is 0 Å². The number of carbonyl (C=O) groups excluding carboxylic acids is 2. The molecule has 0 unspecified atom stereocenters. The summed E-state index contributed by atoms with van der Waals surface area (Å²) in [6, 6.07) is 6.89. The number of hydrogen-bond donors (Lipinski definition) is 0. The highest BCUT2D eigenvalue weighted by Crippen LogP contribution is 2.42. The number of carbonyl (C=O) groups is 2. The minimum atomic E-state index is -0.119. The molecule has 0 spiro atoms. The van der Waals surface area contributed by atoms with Crippen LogP contribution in [-0.2, 0) is 9.59 Å². The first kappa shape index (κ1) is 12.7. The van der Waals surface area contributed by atoms with Gasteiger partial charge in [0.2, 0.25) is 11.8 Å². The molecule has 1 aromatic carbocycles. The van der Waals surface area contributed by atoms with Gasteiger partial charge in [-0.05, 0) is 49.4 Å². The summed E-state index contributed by atoms with van der Waals surface area (Å²) in [4.78, 5) is 26.2. The van der Waals surface area contributed by atoms with Crippen molar-refractivity contribution in [1.82, 2.24) is 0 Å². The Hall–Kier alpha value is -1.35. The van der Waals surface area contributed by atoms with Crippen molar-refractivity contribution in [3.63, 3.8) is 0 Å². The van der Waals surface area contributed by atoms with Crippen molar-refractivity contribution in [3.05, 3.63) is 29.3 Å². The van der Waals surface area contributed by atoms with E-state index in [-0.39, 0.29) is 23.7 Å². The van der Waals surface area contributed by atoms with Gasteiger partial charge in [0.15, 0.2) is 0 Å². The summed E-state index contributed by atoms with van der Waals surface area (Å²) < 4.78 is 0. The van der Waals surface area contributed by atoms with E-state index in [2.05, 4.69) is 6.92 Å². The Bertz CT molecular complexity index is 525. The second kappa shape index (κ2) is 4.64. The van der Waals surface area contributed by atoms with Crippen molar-refractivity contribution in [2.24, 2.45) is 17.8 Å². The van der Waals surface area contributed by atoms with Gasteiger partial charge in [-0.2, -0.15) is 0 Å². The molecule has 0 bridgehead atoms. The maximum absolute atomic E-state index is 12.5. The molecule has 2 fully saturated rings. The molecule has 3 rings (SSSR count). The van der Waals surface area contributed by atoms with Gasteiger partial charge in [0.25, 0.3) is 0 Å². The van der Waals surface area contributed by atoms with Crippen LogP contribution in [0.15, 0.2) is 24.3 Å². The highest BCUT2D eigenvalue weighted by atomic mass is 35.5. The van der Waals surface area contributed by atoms with Crippen molar-refractivity contribution in [2.45, 2.75) is 26.2 Å². The lowest BCUT2D eigenvalue weighted by Crippen LogP contribution is -2.30. The zero-order valence-electron chi connectivity index (χ0n) is 10.8. The molecule has 1 saturated heterocycles. The first-order valence-electron chi connectivity index (χ1n) is 6.71. The molecule has 0 aromatic heterocycles. The molecule has 1 aliphatic carbocycles. The lowest BCUT2D eigenvalue weighted by atomic mass is 9.76. The average molecular weight is 278 g/mol. The van der Waals surface area contributed by atoms with Crippen molar-refractivity contribution >= 4 is 29.1 Å². The van der Waals surface area contributed by atoms with E-state index >= 15 is 0 Å². The van der Waals surface area contributed by atoms with E-state index in [1.807, 2.05) is 0 Å². The number of rotatable bonds is 1. The van der Waals surface area contributed by atoms with E-state index in [0.717, 1.165) is 19.3 Å². The number of anilines is 1. The SMILES string of the molecule is C[C@@H]1CC[C@@H]2C(=O)N(c3ccc(Cl)cc3)C(=O)[C@H]2C1. The standard InChI is InChI=1S/C15H16ClNO2/c1-9-2-7-12-13(8-9)15(19)17(14(12)18)11-5-3-10(16)4-6-11/h3-6,9,12-13H,2,7-8H2,1H3/t9-,12+,13+/m1/s1. The van der Waals surface area contributed by atoms with E-state index in [9.17, 15) is 9.59 Å². The lowest BCUT2D eigenvalue weighted by Gasteiger charge is -2.25. The van der Waals surface area contributed by atoms with Gasteiger partial charge in [0.05, 0.1) is 17.5 Å². The lowest BCUT2D eigenvalue weighted by molar-refractivity contribution is -0.122. The number of hydrogen-bond acceptors (Lipinski definition) is 2. The van der Waals surface area contributed by atoms with Crippen molar-refractivity contribution in [2.75, 3.05) is 4.90 Å². The molecular weight excluding hydrogens is 262 g/mol. The van der Waals surface area contributed by atoms with Crippen LogP contribution in [0, 0.1) is 17.8 Å². The molecular formula is C15H16ClNO2. The molecule has 1 heterocycles. The number of nitrogens with zero attached hydrogens (tertiary/aromatic N) is 1. The van der Waals surface area contributed by atoms with Crippen LogP contribution >= 0.6 is 11.6 Å². The molecule has 100 valence electrons. The highest BCUT2D eigenvalue weighted by molar-refractivity contribution is 6.30. The summed E-state index contributed by atoms with van der Waals surface area (Å²) in [6.07, 6.45) is 2.70. The third kappa shape index (κ3) is 2.06. The molecule has 19 heavy (non-hydrogen) atoms. The predicted molar refractivity (Wildman–Crippen MR) is 73.9 cm³/mol. The fourth-order valence-electron chi connectivity index (χ4n) is 3.23. The summed E-state index contributed by atoms with van der Waals surface area (Å²) in [7, 11) is 0. The molecule has 2 aliphatic rings. The summed E-state index contributed by atoms with van der Waals surface area (Å²) in [5.41, 5.74) is 0.640. The van der Waals surface area contributed by atoms with Crippen molar-refractivity contribution < 1.29 is 9.59 Å². The fourth-order valence-corrected chi connectivity index (χ4v) is 3.36. The Morgan fingerprint density at radius 2 is 1.68 bits per heavy atom. The summed E-state index contributed by atoms with van der Waals surface area (Å²) in [5, 5.41) is 0.605. The van der Waals surface area contributed by atoms with Crippen LogP contribution in [-0.4, -0.2) is 11.8 Å². The van der Waals surface area contributed by atoms with Crippen LogP contribution in [0.5, 0.6) is 0 Å². The summed E-state index contributed by atoms with van der Waals surface area (Å²) in [5.74, 6) is 0.225. The van der Waals surface area contributed by atoms with Crippen LogP contribution in [0.25, 0.3) is 0 Å². The predicted octanol–water partition coefficient (Wildman–Crippen LogP) is 3.27. The number of amides is 2. The third-order valence-electron chi connectivity index (χ3n) is 4.27. The second-order valence-electron chi connectivity index (χ2n) is 5.62. The zero-order valence-corrected chi connectivity index (χ0v) is 11.6. The smallest absolute Gasteiger partial charge is 0.237 e. The Morgan fingerprint density at radius 1 is 1.05 bits per heavy atom. The van der Waals surface area contributed by atoms with Gasteiger partial charge in [-0.25, -0.2) is 0 Å². The zero-order chi connectivity index (χ0) is 13.6. The van der Waals surface area contributed by atoms with Gasteiger partial charge < -0.3 is 0 Å². The quantitative estimate of drug-likeness (QED) is 0.739. The van der Waals surface area contributed by atoms with Crippen LogP contribution in [0.3, 0.4) is 0 Å². The number of fused-ring (bicyclic) bond motifs is 1. The minimum Gasteiger partial charge on any atom is -0.274 e. The topological polar surface area (TPSA) is 37.4 Å². The Balaban J connectivity index is 1.93. The van der Waals surface area contributed by atoms with Crippen molar-refractivity contribution in [3.8, 4) is 0 Å². The maximum atomic E-state index is 12.5. The molecule has 1 aliphatic heterocycles. The maximum Gasteiger partial charge on any atom is 0.237 e. The Morgan fingerprint density at radius 3 is 2.37 bits per heavy atom. The van der Waals surface area contributed by atoms with Crippen LogP contribution in [0.2, 0.25) is 5.02 Å². The van der Waals surface area contributed by atoms with E-state index in [1.165, 1.54) is 4.90 Å². The molecule has 3 atom stereocenters. The first-order valence-corrected chi connectivity index (χ1v) is 7.09. The average Bonchev–Trinajstić information content (AvgIpc) is 2.63. The normalized spacial score (nSPS) is 30.6. The van der Waals surface area contributed by atoms with Gasteiger partial charge in [0.1, 0.15) is 0 Å². The highest BCUT2D eigenvalue weighted by Gasteiger charge is 2.49. The molecule has 0 radical (unpaired) electrons. The van der Waals surface area contributed by atoms with Crippen LogP contribution in [0.1, 0.15) is 26.2 Å². The van der Waals surface area contributed by atoms with Gasteiger partial charge in [-0.1, -0.05) is 18.5 Å². The Kier molecular flexibility index (Phi) is 3.09. The molecule has 4 heteroatoms. The molecule has 1 saturated carbocycles.